The highest BCUT2D eigenvalue weighted by Crippen LogP contribution is 2.18. The average molecular weight is 430 g/mol. The average Bonchev–Trinajstić information content (AvgIpc) is 2.72. The molecule has 0 aliphatic heterocycles. The van der Waals surface area contributed by atoms with Gasteiger partial charge >= 0.3 is 0 Å². The van der Waals surface area contributed by atoms with Crippen molar-refractivity contribution in [2.75, 3.05) is 6.61 Å². The van der Waals surface area contributed by atoms with Crippen molar-refractivity contribution in [1.29, 1.82) is 0 Å². The Morgan fingerprint density at radius 2 is 1.83 bits per heavy atom. The van der Waals surface area contributed by atoms with Crippen molar-refractivity contribution in [2.24, 2.45) is 5.92 Å². The minimum Gasteiger partial charge on any atom is -0.493 e. The highest BCUT2D eigenvalue weighted by atomic mass is 32.1. The van der Waals surface area contributed by atoms with E-state index in [4.69, 9.17) is 17.0 Å². The summed E-state index contributed by atoms with van der Waals surface area (Å²) < 4.78 is 5.69. The van der Waals surface area contributed by atoms with Gasteiger partial charge in [-0.2, -0.15) is 0 Å². The van der Waals surface area contributed by atoms with Gasteiger partial charge in [0, 0.05) is 17.7 Å². The molecule has 10 heteroatoms. The first-order chi connectivity index (χ1) is 14.3. The van der Waals surface area contributed by atoms with Crippen LogP contribution in [-0.4, -0.2) is 28.5 Å². The molecule has 3 N–H and O–H groups in total. The predicted molar refractivity (Wildman–Crippen MR) is 115 cm³/mol. The van der Waals surface area contributed by atoms with E-state index < -0.39 is 16.7 Å². The molecular weight excluding hydrogens is 408 g/mol. The summed E-state index contributed by atoms with van der Waals surface area (Å²) >= 11 is 5.02. The second-order valence-corrected chi connectivity index (χ2v) is 7.11. The zero-order valence-electron chi connectivity index (χ0n) is 16.5. The number of non-ortho nitro benzene ring substituents is 1. The highest BCUT2D eigenvalue weighted by Gasteiger charge is 2.15. The number of nitrogens with zero attached hydrogens (tertiary/aromatic N) is 1. The smallest absolute Gasteiger partial charge is 0.270 e. The van der Waals surface area contributed by atoms with Crippen molar-refractivity contribution >= 4 is 34.8 Å². The van der Waals surface area contributed by atoms with Crippen LogP contribution in [0.1, 0.15) is 41.0 Å². The van der Waals surface area contributed by atoms with Crippen LogP contribution in [0.5, 0.6) is 5.75 Å². The van der Waals surface area contributed by atoms with E-state index in [1.54, 1.807) is 24.3 Å². The van der Waals surface area contributed by atoms with Gasteiger partial charge in [0.15, 0.2) is 5.11 Å². The Bertz CT molecular complexity index is 948. The molecule has 2 aromatic rings. The Hall–Kier alpha value is -3.53. The molecule has 0 bridgehead atoms. The van der Waals surface area contributed by atoms with Crippen molar-refractivity contribution in [1.82, 2.24) is 16.2 Å². The van der Waals surface area contributed by atoms with Crippen LogP contribution in [0.2, 0.25) is 0 Å². The summed E-state index contributed by atoms with van der Waals surface area (Å²) in [4.78, 5) is 34.8. The number of nitro groups is 1. The number of rotatable bonds is 7. The molecule has 30 heavy (non-hydrogen) atoms. The number of ether oxygens (including phenoxy) is 1. The maximum Gasteiger partial charge on any atom is 0.270 e. The van der Waals surface area contributed by atoms with Crippen LogP contribution < -0.4 is 20.9 Å². The van der Waals surface area contributed by atoms with Crippen LogP contribution in [0.3, 0.4) is 0 Å². The molecule has 0 spiro atoms. The third kappa shape index (κ3) is 6.82. The number of nitro benzene ring substituents is 1. The normalized spacial score (nSPS) is 10.2. The molecule has 0 aliphatic rings. The van der Waals surface area contributed by atoms with Gasteiger partial charge in [0.05, 0.1) is 17.1 Å². The predicted octanol–water partition coefficient (Wildman–Crippen LogP) is 2.97. The number of carbonyl (C=O) groups is 2. The zero-order valence-corrected chi connectivity index (χ0v) is 17.3. The third-order valence-corrected chi connectivity index (χ3v) is 4.12. The SMILES string of the molecule is CC(C)CCOc1ccccc1C(=O)NC(=S)NNC(=O)c1cccc([N+](=O)[O-])c1. The molecule has 0 aromatic heterocycles. The molecule has 0 unspecified atom stereocenters. The highest BCUT2D eigenvalue weighted by molar-refractivity contribution is 7.80. The van der Waals surface area contributed by atoms with Crippen molar-refractivity contribution in [3.63, 3.8) is 0 Å². The first kappa shape index (κ1) is 22.8. The summed E-state index contributed by atoms with van der Waals surface area (Å²) in [5.74, 6) is -0.249. The number of hydrogen-bond acceptors (Lipinski definition) is 6. The van der Waals surface area contributed by atoms with E-state index in [-0.39, 0.29) is 16.4 Å². The van der Waals surface area contributed by atoms with Crippen LogP contribution in [0.4, 0.5) is 5.69 Å². The number of carbonyl (C=O) groups excluding carboxylic acids is 2. The monoisotopic (exact) mass is 430 g/mol. The van der Waals surface area contributed by atoms with E-state index >= 15 is 0 Å². The molecular formula is C20H22N4O5S. The van der Waals surface area contributed by atoms with E-state index in [0.29, 0.717) is 23.8 Å². The van der Waals surface area contributed by atoms with Crippen LogP contribution in [0, 0.1) is 16.0 Å². The van der Waals surface area contributed by atoms with E-state index in [0.717, 1.165) is 12.5 Å². The summed E-state index contributed by atoms with van der Waals surface area (Å²) in [6.07, 6.45) is 0.847. The summed E-state index contributed by atoms with van der Waals surface area (Å²) in [6.45, 7) is 4.63. The maximum atomic E-state index is 12.5. The number of thiocarbonyl (C=S) groups is 1. The van der Waals surface area contributed by atoms with Gasteiger partial charge in [-0.25, -0.2) is 0 Å². The zero-order chi connectivity index (χ0) is 22.1. The molecule has 0 atom stereocenters. The van der Waals surface area contributed by atoms with Gasteiger partial charge in [-0.1, -0.05) is 32.0 Å². The van der Waals surface area contributed by atoms with Gasteiger partial charge in [0.1, 0.15) is 5.75 Å². The quantitative estimate of drug-likeness (QED) is 0.351. The van der Waals surface area contributed by atoms with Crippen LogP contribution in [0.25, 0.3) is 0 Å². The van der Waals surface area contributed by atoms with Gasteiger partial charge in [0.2, 0.25) is 0 Å². The molecule has 0 fully saturated rings. The summed E-state index contributed by atoms with van der Waals surface area (Å²) in [5, 5.41) is 13.1. The fraction of sp³-hybridized carbons (Fsp3) is 0.250. The second kappa shape index (κ2) is 10.9. The molecule has 0 heterocycles. The van der Waals surface area contributed by atoms with Crippen molar-refractivity contribution < 1.29 is 19.2 Å². The van der Waals surface area contributed by atoms with Gasteiger partial charge in [-0.3, -0.25) is 35.9 Å². The van der Waals surface area contributed by atoms with E-state index in [1.165, 1.54) is 18.2 Å². The minimum atomic E-state index is -0.646. The number of para-hydroxylation sites is 1. The van der Waals surface area contributed by atoms with Crippen LogP contribution >= 0.6 is 12.2 Å². The Morgan fingerprint density at radius 1 is 1.10 bits per heavy atom. The van der Waals surface area contributed by atoms with Crippen LogP contribution in [-0.2, 0) is 0 Å². The Kier molecular flexibility index (Phi) is 8.24. The van der Waals surface area contributed by atoms with E-state index in [9.17, 15) is 19.7 Å². The minimum absolute atomic E-state index is 0.0646. The lowest BCUT2D eigenvalue weighted by atomic mass is 10.1. The molecule has 0 saturated carbocycles. The number of hydrazine groups is 1. The Morgan fingerprint density at radius 3 is 2.53 bits per heavy atom. The molecule has 158 valence electrons. The molecule has 2 aromatic carbocycles. The summed E-state index contributed by atoms with van der Waals surface area (Å²) in [5.41, 5.74) is 4.83. The topological polar surface area (TPSA) is 123 Å². The fourth-order valence-corrected chi connectivity index (χ4v) is 2.48. The van der Waals surface area contributed by atoms with E-state index in [2.05, 4.69) is 30.0 Å². The lowest BCUT2D eigenvalue weighted by Gasteiger charge is -2.14. The number of benzene rings is 2. The number of nitrogens with one attached hydrogen (secondary N) is 3. The number of hydrogen-bond donors (Lipinski definition) is 3. The lowest BCUT2D eigenvalue weighted by molar-refractivity contribution is -0.384. The third-order valence-electron chi connectivity index (χ3n) is 3.92. The number of amides is 2. The van der Waals surface area contributed by atoms with Crippen molar-refractivity contribution in [2.45, 2.75) is 20.3 Å². The van der Waals surface area contributed by atoms with Gasteiger partial charge < -0.3 is 4.74 Å². The van der Waals surface area contributed by atoms with Gasteiger partial charge in [-0.15, -0.1) is 0 Å². The van der Waals surface area contributed by atoms with Gasteiger partial charge in [-0.05, 0) is 42.8 Å². The van der Waals surface area contributed by atoms with Crippen molar-refractivity contribution in [3.8, 4) is 5.75 Å². The molecule has 0 saturated heterocycles. The second-order valence-electron chi connectivity index (χ2n) is 6.70. The van der Waals surface area contributed by atoms with E-state index in [1.807, 2.05) is 0 Å². The standard InChI is InChI=1S/C20H22N4O5S/c1-13(2)10-11-29-17-9-4-3-8-16(17)19(26)21-20(30)23-22-18(25)14-6-5-7-15(12-14)24(27)28/h3-9,12-13H,10-11H2,1-2H3,(H,22,25)(H2,21,23,26,30). The van der Waals surface area contributed by atoms with Crippen molar-refractivity contribution in [3.05, 3.63) is 69.8 Å². The summed E-state index contributed by atoms with van der Waals surface area (Å²) in [7, 11) is 0. The van der Waals surface area contributed by atoms with Gasteiger partial charge in [0.25, 0.3) is 17.5 Å². The lowest BCUT2D eigenvalue weighted by Crippen LogP contribution is -2.48. The molecule has 2 amide bonds. The largest absolute Gasteiger partial charge is 0.493 e. The molecule has 0 radical (unpaired) electrons. The Balaban J connectivity index is 1.92. The Labute approximate surface area is 178 Å². The molecule has 0 aliphatic carbocycles. The summed E-state index contributed by atoms with van der Waals surface area (Å²) in [6, 6.07) is 12.0. The first-order valence-corrected chi connectivity index (χ1v) is 9.56. The molecule has 2 rings (SSSR count). The first-order valence-electron chi connectivity index (χ1n) is 9.16. The van der Waals surface area contributed by atoms with Crippen LogP contribution in [0.15, 0.2) is 48.5 Å². The molecule has 9 nitrogen and oxygen atoms in total. The fourth-order valence-electron chi connectivity index (χ4n) is 2.33. The maximum absolute atomic E-state index is 12.5.